The summed E-state index contributed by atoms with van der Waals surface area (Å²) in [5.74, 6) is 1.55. The van der Waals surface area contributed by atoms with Gasteiger partial charge in [-0.2, -0.15) is 0 Å². The fourth-order valence-electron chi connectivity index (χ4n) is 3.29. The molecule has 1 aliphatic heterocycles. The van der Waals surface area contributed by atoms with Crippen molar-refractivity contribution in [2.75, 3.05) is 53.5 Å². The van der Waals surface area contributed by atoms with E-state index in [4.69, 9.17) is 9.73 Å². The minimum Gasteiger partial charge on any atom is -0.381 e. The number of ether oxygens (including phenoxy) is 1. The third kappa shape index (κ3) is 9.52. The Morgan fingerprint density at radius 2 is 1.86 bits per heavy atom. The Morgan fingerprint density at radius 3 is 2.50 bits per heavy atom. The van der Waals surface area contributed by atoms with E-state index in [0.29, 0.717) is 0 Å². The van der Waals surface area contributed by atoms with E-state index in [-0.39, 0.29) is 29.8 Å². The van der Waals surface area contributed by atoms with Gasteiger partial charge in [-0.25, -0.2) is 4.39 Å². The van der Waals surface area contributed by atoms with Crippen molar-refractivity contribution in [2.45, 2.75) is 32.7 Å². The molecule has 0 unspecified atom stereocenters. The second-order valence-corrected chi connectivity index (χ2v) is 7.37. The van der Waals surface area contributed by atoms with E-state index in [9.17, 15) is 4.39 Å². The molecule has 1 aromatic rings. The fraction of sp³-hybridized carbons (Fsp3) is 0.667. The molecular formula is C21H36FIN4O. The number of nitrogens with zero attached hydrogens (tertiary/aromatic N) is 3. The number of likely N-dealkylation sites (N-methyl/N-ethyl adjacent to an activating group) is 1. The summed E-state index contributed by atoms with van der Waals surface area (Å²) in [6.45, 7) is 8.19. The van der Waals surface area contributed by atoms with Crippen LogP contribution in [0.4, 0.5) is 4.39 Å². The average molecular weight is 506 g/mol. The molecule has 0 aromatic heterocycles. The first-order valence-corrected chi connectivity index (χ1v) is 10.1. The largest absolute Gasteiger partial charge is 0.381 e. The SMILES string of the molecule is CCNC(=NCCN(C)Cc1ccc(F)cc1)N(C)CCC1CCOCC1.I. The Bertz CT molecular complexity index is 564. The Kier molecular flexibility index (Phi) is 12.7. The van der Waals surface area contributed by atoms with Crippen molar-refractivity contribution < 1.29 is 9.13 Å². The number of nitrogens with one attached hydrogen (secondary N) is 1. The second kappa shape index (κ2) is 14.1. The first kappa shape index (κ1) is 25.1. The van der Waals surface area contributed by atoms with Crippen LogP contribution < -0.4 is 5.32 Å². The summed E-state index contributed by atoms with van der Waals surface area (Å²) >= 11 is 0. The van der Waals surface area contributed by atoms with E-state index in [1.54, 1.807) is 0 Å². The summed E-state index contributed by atoms with van der Waals surface area (Å²) in [6, 6.07) is 6.70. The minimum absolute atomic E-state index is 0. The molecule has 0 spiro atoms. The predicted octanol–water partition coefficient (Wildman–Crippen LogP) is 3.59. The third-order valence-corrected chi connectivity index (χ3v) is 5.02. The van der Waals surface area contributed by atoms with Gasteiger partial charge in [0.15, 0.2) is 5.96 Å². The molecule has 0 saturated carbocycles. The molecule has 0 atom stereocenters. The lowest BCUT2D eigenvalue weighted by Gasteiger charge is -2.27. The lowest BCUT2D eigenvalue weighted by molar-refractivity contribution is 0.0625. The van der Waals surface area contributed by atoms with Crippen molar-refractivity contribution in [1.29, 1.82) is 0 Å². The summed E-state index contributed by atoms with van der Waals surface area (Å²) in [5, 5.41) is 3.39. The molecule has 0 amide bonds. The van der Waals surface area contributed by atoms with Gasteiger partial charge in [-0.05, 0) is 56.8 Å². The lowest BCUT2D eigenvalue weighted by atomic mass is 9.96. The van der Waals surface area contributed by atoms with Gasteiger partial charge in [0.2, 0.25) is 0 Å². The Hall–Kier alpha value is -0.930. The predicted molar refractivity (Wildman–Crippen MR) is 125 cm³/mol. The molecule has 0 bridgehead atoms. The first-order chi connectivity index (χ1) is 13.1. The van der Waals surface area contributed by atoms with Crippen LogP contribution in [0.15, 0.2) is 29.3 Å². The molecule has 0 aliphatic carbocycles. The van der Waals surface area contributed by atoms with Gasteiger partial charge in [-0.1, -0.05) is 12.1 Å². The zero-order chi connectivity index (χ0) is 19.5. The Balaban J connectivity index is 0.00000392. The van der Waals surface area contributed by atoms with Crippen LogP contribution in [0.5, 0.6) is 0 Å². The number of hydrogen-bond acceptors (Lipinski definition) is 3. The van der Waals surface area contributed by atoms with Crippen LogP contribution in [-0.2, 0) is 11.3 Å². The van der Waals surface area contributed by atoms with Crippen molar-refractivity contribution in [3.05, 3.63) is 35.6 Å². The van der Waals surface area contributed by atoms with Crippen LogP contribution in [0.3, 0.4) is 0 Å². The van der Waals surface area contributed by atoms with Crippen LogP contribution in [0, 0.1) is 11.7 Å². The van der Waals surface area contributed by atoms with Gasteiger partial charge >= 0.3 is 0 Å². The summed E-state index contributed by atoms with van der Waals surface area (Å²) in [5.41, 5.74) is 1.11. The first-order valence-electron chi connectivity index (χ1n) is 10.1. The number of guanidine groups is 1. The molecule has 5 nitrogen and oxygen atoms in total. The molecular weight excluding hydrogens is 470 g/mol. The van der Waals surface area contributed by atoms with Crippen molar-refractivity contribution in [1.82, 2.24) is 15.1 Å². The lowest BCUT2D eigenvalue weighted by Crippen LogP contribution is -2.40. The summed E-state index contributed by atoms with van der Waals surface area (Å²) in [4.78, 5) is 9.22. The smallest absolute Gasteiger partial charge is 0.193 e. The number of halogens is 2. The monoisotopic (exact) mass is 506 g/mol. The van der Waals surface area contributed by atoms with E-state index in [0.717, 1.165) is 63.4 Å². The summed E-state index contributed by atoms with van der Waals surface area (Å²) in [6.07, 6.45) is 3.54. The summed E-state index contributed by atoms with van der Waals surface area (Å²) < 4.78 is 18.4. The van der Waals surface area contributed by atoms with Crippen molar-refractivity contribution in [3.8, 4) is 0 Å². The molecule has 1 aromatic carbocycles. The van der Waals surface area contributed by atoms with E-state index in [1.807, 2.05) is 12.1 Å². The standard InChI is InChI=1S/C21H35FN4O.HI/c1-4-23-21(26(3)13-9-18-10-15-27-16-11-18)24-12-14-25(2)17-19-5-7-20(22)8-6-19;/h5-8,18H,4,9-17H2,1-3H3,(H,23,24);1H. The summed E-state index contributed by atoms with van der Waals surface area (Å²) in [7, 11) is 4.18. The van der Waals surface area contributed by atoms with Gasteiger partial charge in [0.25, 0.3) is 0 Å². The molecule has 1 saturated heterocycles. The highest BCUT2D eigenvalue weighted by molar-refractivity contribution is 14.0. The highest BCUT2D eigenvalue weighted by Gasteiger charge is 2.15. The van der Waals surface area contributed by atoms with Crippen LogP contribution in [-0.4, -0.2) is 69.2 Å². The highest BCUT2D eigenvalue weighted by atomic mass is 127. The normalized spacial score (nSPS) is 15.4. The number of rotatable bonds is 9. The van der Waals surface area contributed by atoms with Gasteiger partial charge in [0.05, 0.1) is 6.54 Å². The Labute approximate surface area is 186 Å². The molecule has 1 heterocycles. The second-order valence-electron chi connectivity index (χ2n) is 7.37. The zero-order valence-electron chi connectivity index (χ0n) is 17.5. The number of benzene rings is 1. The van der Waals surface area contributed by atoms with Gasteiger partial charge < -0.3 is 19.9 Å². The van der Waals surface area contributed by atoms with Crippen LogP contribution in [0.1, 0.15) is 31.7 Å². The maximum Gasteiger partial charge on any atom is 0.193 e. The molecule has 1 fully saturated rings. The molecule has 28 heavy (non-hydrogen) atoms. The Morgan fingerprint density at radius 1 is 1.18 bits per heavy atom. The molecule has 160 valence electrons. The molecule has 2 rings (SSSR count). The topological polar surface area (TPSA) is 40.1 Å². The van der Waals surface area contributed by atoms with Crippen molar-refractivity contribution >= 4 is 29.9 Å². The average Bonchev–Trinajstić information content (AvgIpc) is 2.68. The van der Waals surface area contributed by atoms with Gasteiger partial charge in [0, 0.05) is 46.4 Å². The van der Waals surface area contributed by atoms with E-state index < -0.39 is 0 Å². The van der Waals surface area contributed by atoms with Gasteiger partial charge in [0.1, 0.15) is 5.82 Å². The minimum atomic E-state index is -0.190. The zero-order valence-corrected chi connectivity index (χ0v) is 19.8. The molecule has 0 radical (unpaired) electrons. The van der Waals surface area contributed by atoms with Crippen LogP contribution in [0.25, 0.3) is 0 Å². The van der Waals surface area contributed by atoms with Gasteiger partial charge in [-0.15, -0.1) is 24.0 Å². The maximum absolute atomic E-state index is 13.0. The van der Waals surface area contributed by atoms with Crippen LogP contribution in [0.2, 0.25) is 0 Å². The van der Waals surface area contributed by atoms with Gasteiger partial charge in [-0.3, -0.25) is 4.99 Å². The fourth-order valence-corrected chi connectivity index (χ4v) is 3.29. The van der Waals surface area contributed by atoms with Crippen molar-refractivity contribution in [2.24, 2.45) is 10.9 Å². The van der Waals surface area contributed by atoms with E-state index >= 15 is 0 Å². The van der Waals surface area contributed by atoms with Crippen molar-refractivity contribution in [3.63, 3.8) is 0 Å². The molecule has 1 N–H and O–H groups in total. The number of aliphatic imine (C=N–C) groups is 1. The quantitative estimate of drug-likeness (QED) is 0.316. The molecule has 1 aliphatic rings. The molecule has 7 heteroatoms. The van der Waals surface area contributed by atoms with Crippen LogP contribution >= 0.6 is 24.0 Å². The number of hydrogen-bond donors (Lipinski definition) is 1. The highest BCUT2D eigenvalue weighted by Crippen LogP contribution is 2.18. The third-order valence-electron chi connectivity index (χ3n) is 5.02. The van der Waals surface area contributed by atoms with E-state index in [1.165, 1.54) is 31.4 Å². The van der Waals surface area contributed by atoms with E-state index in [2.05, 4.69) is 36.1 Å². The maximum atomic E-state index is 13.0.